The third-order valence-corrected chi connectivity index (χ3v) is 5.19. The molecule has 132 valence electrons. The summed E-state index contributed by atoms with van der Waals surface area (Å²) in [6.45, 7) is 0. The zero-order valence-electron chi connectivity index (χ0n) is 13.5. The van der Waals surface area contributed by atoms with E-state index in [4.69, 9.17) is 12.2 Å². The molecule has 0 aromatic heterocycles. The fourth-order valence-electron chi connectivity index (χ4n) is 2.71. The molecule has 0 bridgehead atoms. The molecule has 1 heterocycles. The summed E-state index contributed by atoms with van der Waals surface area (Å²) in [7, 11) is 0. The molecule has 3 rings (SSSR count). The number of nitrogens with zero attached hydrogens (tertiary/aromatic N) is 1. The molecule has 7 heteroatoms. The molecule has 1 fully saturated rings. The molecule has 2 aromatic rings. The van der Waals surface area contributed by atoms with Crippen molar-refractivity contribution >= 4 is 46.3 Å². The number of hydrogen-bond donors (Lipinski definition) is 2. The average molecular weight is 385 g/mol. The summed E-state index contributed by atoms with van der Waals surface area (Å²) in [5.74, 6) is -1.24. The lowest BCUT2D eigenvalue weighted by Crippen LogP contribution is -2.34. The number of carboxylic acids is 1. The van der Waals surface area contributed by atoms with Gasteiger partial charge in [-0.05, 0) is 29.3 Å². The van der Waals surface area contributed by atoms with E-state index < -0.39 is 12.0 Å². The number of phenolic OH excluding ortho intramolecular Hbond substituents is 1. The number of carbonyl (C=O) groups excluding carboxylic acids is 1. The molecule has 1 unspecified atom stereocenters. The normalized spacial score (nSPS) is 16.9. The minimum atomic E-state index is -1.01. The molecule has 1 aliphatic rings. The molecule has 2 N–H and O–H groups in total. The SMILES string of the molecule is O=C(O)CC(c1ccccc1)N1C(=O)/C(=C/c2cccc(O)c2)SC1=S. The van der Waals surface area contributed by atoms with Crippen molar-refractivity contribution in [2.45, 2.75) is 12.5 Å². The first-order valence-corrected chi connectivity index (χ1v) is 9.01. The Bertz CT molecular complexity index is 895. The van der Waals surface area contributed by atoms with Crippen LogP contribution in [0.5, 0.6) is 5.75 Å². The van der Waals surface area contributed by atoms with Crippen molar-refractivity contribution in [1.29, 1.82) is 0 Å². The topological polar surface area (TPSA) is 77.8 Å². The smallest absolute Gasteiger partial charge is 0.305 e. The van der Waals surface area contributed by atoms with Gasteiger partial charge in [-0.3, -0.25) is 14.5 Å². The standard InChI is InChI=1S/C19H15NO4S2/c21-14-8-4-5-12(9-14)10-16-18(24)20(19(25)26-16)15(11-17(22)23)13-6-2-1-3-7-13/h1-10,15,21H,11H2,(H,22,23)/b16-10-. The predicted molar refractivity (Wildman–Crippen MR) is 105 cm³/mol. The summed E-state index contributed by atoms with van der Waals surface area (Å²) >= 11 is 6.48. The largest absolute Gasteiger partial charge is 0.508 e. The van der Waals surface area contributed by atoms with E-state index in [-0.39, 0.29) is 18.1 Å². The van der Waals surface area contributed by atoms with Gasteiger partial charge in [0.15, 0.2) is 0 Å². The summed E-state index contributed by atoms with van der Waals surface area (Å²) in [5, 5.41) is 18.8. The second-order valence-corrected chi connectivity index (χ2v) is 7.35. The monoisotopic (exact) mass is 385 g/mol. The van der Waals surface area contributed by atoms with Gasteiger partial charge in [0.25, 0.3) is 5.91 Å². The highest BCUT2D eigenvalue weighted by Crippen LogP contribution is 2.39. The third-order valence-electron chi connectivity index (χ3n) is 3.86. The van der Waals surface area contributed by atoms with Gasteiger partial charge >= 0.3 is 5.97 Å². The number of aliphatic carboxylic acids is 1. The lowest BCUT2D eigenvalue weighted by Gasteiger charge is -2.26. The maximum absolute atomic E-state index is 12.9. The molecule has 5 nitrogen and oxygen atoms in total. The van der Waals surface area contributed by atoms with Gasteiger partial charge < -0.3 is 10.2 Å². The minimum Gasteiger partial charge on any atom is -0.508 e. The Labute approximate surface area is 160 Å². The highest BCUT2D eigenvalue weighted by molar-refractivity contribution is 8.26. The quantitative estimate of drug-likeness (QED) is 0.602. The maximum atomic E-state index is 12.9. The summed E-state index contributed by atoms with van der Waals surface area (Å²) in [4.78, 5) is 26.0. The van der Waals surface area contributed by atoms with Crippen molar-refractivity contribution in [3.63, 3.8) is 0 Å². The summed E-state index contributed by atoms with van der Waals surface area (Å²) in [6, 6.07) is 14.8. The van der Waals surface area contributed by atoms with Crippen LogP contribution < -0.4 is 0 Å². The van der Waals surface area contributed by atoms with Crippen LogP contribution in [-0.2, 0) is 9.59 Å². The van der Waals surface area contributed by atoms with Gasteiger partial charge in [-0.25, -0.2) is 0 Å². The Morgan fingerprint density at radius 1 is 1.19 bits per heavy atom. The summed E-state index contributed by atoms with van der Waals surface area (Å²) in [6.07, 6.45) is 1.40. The highest BCUT2D eigenvalue weighted by Gasteiger charge is 2.38. The average Bonchev–Trinajstić information content (AvgIpc) is 2.87. The molecule has 0 aliphatic carbocycles. The first kappa shape index (κ1) is 18.2. The second-order valence-electron chi connectivity index (χ2n) is 5.67. The van der Waals surface area contributed by atoms with Crippen LogP contribution in [-0.4, -0.2) is 31.3 Å². The van der Waals surface area contributed by atoms with Gasteiger partial charge in [-0.15, -0.1) is 0 Å². The van der Waals surface area contributed by atoms with E-state index in [0.29, 0.717) is 20.4 Å². The fraction of sp³-hybridized carbons (Fsp3) is 0.105. The maximum Gasteiger partial charge on any atom is 0.305 e. The number of carbonyl (C=O) groups is 2. The molecular weight excluding hydrogens is 370 g/mol. The Hall–Kier alpha value is -2.64. The first-order valence-electron chi connectivity index (χ1n) is 7.78. The predicted octanol–water partition coefficient (Wildman–Crippen LogP) is 3.81. The van der Waals surface area contributed by atoms with Crippen molar-refractivity contribution in [3.8, 4) is 5.75 Å². The van der Waals surface area contributed by atoms with Crippen LogP contribution in [0.3, 0.4) is 0 Å². The van der Waals surface area contributed by atoms with Crippen LogP contribution in [0, 0.1) is 0 Å². The number of benzene rings is 2. The van der Waals surface area contributed by atoms with E-state index in [1.165, 1.54) is 4.90 Å². The molecule has 0 spiro atoms. The zero-order chi connectivity index (χ0) is 18.7. The van der Waals surface area contributed by atoms with Gasteiger partial charge in [0.1, 0.15) is 10.1 Å². The number of rotatable bonds is 5. The third kappa shape index (κ3) is 3.95. The summed E-state index contributed by atoms with van der Waals surface area (Å²) < 4.78 is 0.316. The van der Waals surface area contributed by atoms with Gasteiger partial charge in [-0.1, -0.05) is 66.4 Å². The van der Waals surface area contributed by atoms with E-state index in [0.717, 1.165) is 11.8 Å². The van der Waals surface area contributed by atoms with Crippen molar-refractivity contribution in [2.24, 2.45) is 0 Å². The molecule has 1 aliphatic heterocycles. The number of carboxylic acid groups (broad SMARTS) is 1. The molecule has 0 saturated carbocycles. The molecular formula is C19H15NO4S2. The van der Waals surface area contributed by atoms with Gasteiger partial charge in [0.05, 0.1) is 17.4 Å². The fourth-order valence-corrected chi connectivity index (χ4v) is 4.07. The Morgan fingerprint density at radius 3 is 2.58 bits per heavy atom. The van der Waals surface area contributed by atoms with Gasteiger partial charge in [0, 0.05) is 0 Å². The van der Waals surface area contributed by atoms with Crippen LogP contribution in [0.15, 0.2) is 59.5 Å². The molecule has 26 heavy (non-hydrogen) atoms. The number of hydrogen-bond acceptors (Lipinski definition) is 5. The van der Waals surface area contributed by atoms with Crippen LogP contribution in [0.2, 0.25) is 0 Å². The summed E-state index contributed by atoms with van der Waals surface area (Å²) in [5.41, 5.74) is 1.38. The molecule has 0 radical (unpaired) electrons. The minimum absolute atomic E-state index is 0.0993. The van der Waals surface area contributed by atoms with Crippen LogP contribution in [0.1, 0.15) is 23.6 Å². The number of phenols is 1. The Morgan fingerprint density at radius 2 is 1.92 bits per heavy atom. The van der Waals surface area contributed by atoms with Crippen molar-refractivity contribution < 1.29 is 19.8 Å². The van der Waals surface area contributed by atoms with E-state index in [1.54, 1.807) is 54.6 Å². The second kappa shape index (κ2) is 7.72. The highest BCUT2D eigenvalue weighted by atomic mass is 32.2. The Kier molecular flexibility index (Phi) is 5.39. The molecule has 1 saturated heterocycles. The van der Waals surface area contributed by atoms with E-state index in [1.807, 2.05) is 6.07 Å². The van der Waals surface area contributed by atoms with Gasteiger partial charge in [0.2, 0.25) is 0 Å². The lowest BCUT2D eigenvalue weighted by molar-refractivity contribution is -0.138. The number of aromatic hydroxyl groups is 1. The number of thioether (sulfide) groups is 1. The van der Waals surface area contributed by atoms with Crippen molar-refractivity contribution in [1.82, 2.24) is 4.90 Å². The molecule has 1 atom stereocenters. The number of amides is 1. The van der Waals surface area contributed by atoms with E-state index in [9.17, 15) is 19.8 Å². The molecule has 1 amide bonds. The zero-order valence-corrected chi connectivity index (χ0v) is 15.2. The van der Waals surface area contributed by atoms with Crippen LogP contribution >= 0.6 is 24.0 Å². The van der Waals surface area contributed by atoms with Gasteiger partial charge in [-0.2, -0.15) is 0 Å². The van der Waals surface area contributed by atoms with Crippen molar-refractivity contribution in [3.05, 3.63) is 70.6 Å². The lowest BCUT2D eigenvalue weighted by atomic mass is 10.0. The van der Waals surface area contributed by atoms with Crippen molar-refractivity contribution in [2.75, 3.05) is 0 Å². The van der Waals surface area contributed by atoms with Crippen LogP contribution in [0.25, 0.3) is 6.08 Å². The Balaban J connectivity index is 1.95. The van der Waals surface area contributed by atoms with E-state index in [2.05, 4.69) is 0 Å². The molecule has 2 aromatic carbocycles. The van der Waals surface area contributed by atoms with Crippen LogP contribution in [0.4, 0.5) is 0 Å². The number of thiocarbonyl (C=S) groups is 1. The first-order chi connectivity index (χ1) is 12.5. The van der Waals surface area contributed by atoms with E-state index >= 15 is 0 Å².